The fraction of sp³-hybridized carbons (Fsp3) is 0.100. The Morgan fingerprint density at radius 1 is 1.15 bits per heavy atom. The van der Waals surface area contributed by atoms with Gasteiger partial charge in [-0.3, -0.25) is 4.79 Å². The quantitative estimate of drug-likeness (QED) is 0.695. The Hall–Kier alpha value is -3.92. The number of rotatable bonds is 6. The fourth-order valence-corrected chi connectivity index (χ4v) is 2.40. The van der Waals surface area contributed by atoms with E-state index in [2.05, 4.69) is 26.7 Å². The topological polar surface area (TPSA) is 99.9 Å². The third-order valence-corrected chi connectivity index (χ3v) is 3.60. The summed E-state index contributed by atoms with van der Waals surface area (Å²) in [6.07, 6.45) is 1.31. The summed E-state index contributed by atoms with van der Waals surface area (Å²) >= 11 is 0. The van der Waals surface area contributed by atoms with Gasteiger partial charge in [0.15, 0.2) is 0 Å². The minimum atomic E-state index is -0.377. The van der Waals surface area contributed by atoms with Gasteiger partial charge in [0, 0.05) is 11.8 Å². The van der Waals surface area contributed by atoms with Crippen LogP contribution >= 0.6 is 0 Å². The number of para-hydroxylation sites is 2. The van der Waals surface area contributed by atoms with Gasteiger partial charge in [-0.15, -0.1) is 0 Å². The van der Waals surface area contributed by atoms with Crippen molar-refractivity contribution in [2.24, 2.45) is 0 Å². The normalized spacial score (nSPS) is 9.93. The number of hydrogen-bond acceptors (Lipinski definition) is 6. The zero-order chi connectivity index (χ0) is 19.1. The molecule has 0 saturated carbocycles. The third-order valence-electron chi connectivity index (χ3n) is 3.60. The van der Waals surface area contributed by atoms with Crippen LogP contribution in [0, 0.1) is 11.3 Å². The summed E-state index contributed by atoms with van der Waals surface area (Å²) in [5.41, 5.74) is 2.00. The van der Waals surface area contributed by atoms with E-state index in [0.29, 0.717) is 35.1 Å². The van der Waals surface area contributed by atoms with Gasteiger partial charge in [-0.2, -0.15) is 5.26 Å². The average Bonchev–Trinajstić information content (AvgIpc) is 2.70. The summed E-state index contributed by atoms with van der Waals surface area (Å²) in [6.45, 7) is 2.37. The number of carbonyl (C=O) groups is 1. The molecule has 2 N–H and O–H groups in total. The number of amides is 1. The maximum atomic E-state index is 12.5. The predicted octanol–water partition coefficient (Wildman–Crippen LogP) is 3.74. The highest BCUT2D eigenvalue weighted by Gasteiger charge is 2.12. The lowest BCUT2D eigenvalue weighted by atomic mass is 10.2. The van der Waals surface area contributed by atoms with Gasteiger partial charge in [-0.1, -0.05) is 18.2 Å². The van der Waals surface area contributed by atoms with Crippen LogP contribution in [0.5, 0.6) is 5.75 Å². The van der Waals surface area contributed by atoms with Gasteiger partial charge in [0.1, 0.15) is 23.6 Å². The molecule has 7 heteroatoms. The number of nitriles is 1. The average molecular weight is 359 g/mol. The Morgan fingerprint density at radius 3 is 2.81 bits per heavy atom. The number of carbonyl (C=O) groups excluding carboxylic acids is 1. The predicted molar refractivity (Wildman–Crippen MR) is 102 cm³/mol. The van der Waals surface area contributed by atoms with Crippen molar-refractivity contribution in [2.75, 3.05) is 17.2 Å². The summed E-state index contributed by atoms with van der Waals surface area (Å²) in [5, 5.41) is 14.8. The number of anilines is 3. The van der Waals surface area contributed by atoms with Crippen molar-refractivity contribution in [2.45, 2.75) is 6.92 Å². The Labute approximate surface area is 156 Å². The van der Waals surface area contributed by atoms with E-state index in [1.54, 1.807) is 36.4 Å². The highest BCUT2D eigenvalue weighted by Crippen LogP contribution is 2.24. The molecule has 1 aromatic heterocycles. The highest BCUT2D eigenvalue weighted by molar-refractivity contribution is 6.04. The monoisotopic (exact) mass is 359 g/mol. The first kappa shape index (κ1) is 17.9. The van der Waals surface area contributed by atoms with Crippen molar-refractivity contribution in [3.8, 4) is 11.8 Å². The largest absolute Gasteiger partial charge is 0.492 e. The van der Waals surface area contributed by atoms with Crippen LogP contribution in [-0.2, 0) is 0 Å². The fourth-order valence-electron chi connectivity index (χ4n) is 2.40. The van der Waals surface area contributed by atoms with E-state index in [-0.39, 0.29) is 11.6 Å². The molecule has 0 aliphatic carbocycles. The van der Waals surface area contributed by atoms with E-state index >= 15 is 0 Å². The second-order valence-corrected chi connectivity index (χ2v) is 5.49. The molecule has 134 valence electrons. The van der Waals surface area contributed by atoms with Crippen molar-refractivity contribution in [3.63, 3.8) is 0 Å². The third kappa shape index (κ3) is 4.58. The molecule has 0 unspecified atom stereocenters. The van der Waals surface area contributed by atoms with E-state index in [9.17, 15) is 4.79 Å². The van der Waals surface area contributed by atoms with Crippen LogP contribution in [0.25, 0.3) is 0 Å². The molecule has 0 atom stereocenters. The molecule has 0 bridgehead atoms. The van der Waals surface area contributed by atoms with Crippen LogP contribution in [0.4, 0.5) is 17.2 Å². The molecule has 0 saturated heterocycles. The SMILES string of the molecule is CCOc1ccccc1NC(=O)c1cc(Nc2cccc(C#N)c2)ncn1. The molecule has 7 nitrogen and oxygen atoms in total. The Balaban J connectivity index is 1.77. The minimum absolute atomic E-state index is 0.204. The lowest BCUT2D eigenvalue weighted by Gasteiger charge is -2.11. The molecule has 0 radical (unpaired) electrons. The first-order valence-electron chi connectivity index (χ1n) is 8.32. The summed E-state index contributed by atoms with van der Waals surface area (Å²) in [6, 6.07) is 17.8. The number of aromatic nitrogens is 2. The zero-order valence-corrected chi connectivity index (χ0v) is 14.6. The smallest absolute Gasteiger partial charge is 0.274 e. The molecule has 0 aliphatic heterocycles. The number of nitrogens with one attached hydrogen (secondary N) is 2. The standard InChI is InChI=1S/C20H17N5O2/c1-2-27-18-9-4-3-8-16(18)25-20(26)17-11-19(23-13-22-17)24-15-7-5-6-14(10-15)12-21/h3-11,13H,2H2,1H3,(H,25,26)(H,22,23,24). The second-order valence-electron chi connectivity index (χ2n) is 5.49. The first-order chi connectivity index (χ1) is 13.2. The summed E-state index contributed by atoms with van der Waals surface area (Å²) in [5.74, 6) is 0.663. The second kappa shape index (κ2) is 8.45. The van der Waals surface area contributed by atoms with Gasteiger partial charge in [-0.25, -0.2) is 9.97 Å². The van der Waals surface area contributed by atoms with Crippen molar-refractivity contribution in [3.05, 3.63) is 72.2 Å². The zero-order valence-electron chi connectivity index (χ0n) is 14.6. The van der Waals surface area contributed by atoms with Gasteiger partial charge in [-0.05, 0) is 37.3 Å². The van der Waals surface area contributed by atoms with Crippen LogP contribution in [-0.4, -0.2) is 22.5 Å². The molecular formula is C20H17N5O2. The molecule has 3 aromatic rings. The maximum Gasteiger partial charge on any atom is 0.274 e. The van der Waals surface area contributed by atoms with Gasteiger partial charge < -0.3 is 15.4 Å². The molecule has 27 heavy (non-hydrogen) atoms. The number of benzene rings is 2. The number of hydrogen-bond donors (Lipinski definition) is 2. The Morgan fingerprint density at radius 2 is 2.00 bits per heavy atom. The van der Waals surface area contributed by atoms with Crippen LogP contribution < -0.4 is 15.4 Å². The van der Waals surface area contributed by atoms with E-state index in [0.717, 1.165) is 0 Å². The number of nitrogens with zero attached hydrogens (tertiary/aromatic N) is 3. The van der Waals surface area contributed by atoms with Crippen LogP contribution in [0.3, 0.4) is 0 Å². The van der Waals surface area contributed by atoms with Gasteiger partial charge in [0.2, 0.25) is 0 Å². The van der Waals surface area contributed by atoms with Gasteiger partial charge in [0.25, 0.3) is 5.91 Å². The van der Waals surface area contributed by atoms with Crippen LogP contribution in [0.1, 0.15) is 23.0 Å². The molecule has 0 fully saturated rings. The maximum absolute atomic E-state index is 12.5. The lowest BCUT2D eigenvalue weighted by molar-refractivity contribution is 0.102. The van der Waals surface area contributed by atoms with Crippen molar-refractivity contribution >= 4 is 23.1 Å². The van der Waals surface area contributed by atoms with Crippen LogP contribution in [0.2, 0.25) is 0 Å². The molecule has 3 rings (SSSR count). The minimum Gasteiger partial charge on any atom is -0.492 e. The first-order valence-corrected chi connectivity index (χ1v) is 8.32. The molecule has 0 spiro atoms. The highest BCUT2D eigenvalue weighted by atomic mass is 16.5. The van der Waals surface area contributed by atoms with E-state index in [1.807, 2.05) is 19.1 Å². The summed E-state index contributed by atoms with van der Waals surface area (Å²) in [7, 11) is 0. The molecular weight excluding hydrogens is 342 g/mol. The molecule has 1 heterocycles. The van der Waals surface area contributed by atoms with Crippen molar-refractivity contribution in [1.29, 1.82) is 5.26 Å². The Bertz CT molecular complexity index is 997. The summed E-state index contributed by atoms with van der Waals surface area (Å²) < 4.78 is 5.51. The van der Waals surface area contributed by atoms with E-state index < -0.39 is 0 Å². The van der Waals surface area contributed by atoms with Gasteiger partial charge >= 0.3 is 0 Å². The molecule has 1 amide bonds. The molecule has 0 aliphatic rings. The summed E-state index contributed by atoms with van der Waals surface area (Å²) in [4.78, 5) is 20.7. The van der Waals surface area contributed by atoms with E-state index in [4.69, 9.17) is 10.00 Å². The lowest BCUT2D eigenvalue weighted by Crippen LogP contribution is -2.15. The number of ether oxygens (including phenoxy) is 1. The van der Waals surface area contributed by atoms with Crippen LogP contribution in [0.15, 0.2) is 60.9 Å². The van der Waals surface area contributed by atoms with Gasteiger partial charge in [0.05, 0.1) is 23.9 Å². The molecule has 2 aromatic carbocycles. The van der Waals surface area contributed by atoms with E-state index in [1.165, 1.54) is 12.4 Å². The Kier molecular flexibility index (Phi) is 5.60. The van der Waals surface area contributed by atoms with Crippen molar-refractivity contribution in [1.82, 2.24) is 9.97 Å². The van der Waals surface area contributed by atoms with Crippen molar-refractivity contribution < 1.29 is 9.53 Å².